The monoisotopic (exact) mass is 260 g/mol. The summed E-state index contributed by atoms with van der Waals surface area (Å²) in [6.45, 7) is 6.91. The van der Waals surface area contributed by atoms with E-state index < -0.39 is 5.54 Å². The van der Waals surface area contributed by atoms with Gasteiger partial charge in [-0.05, 0) is 44.2 Å². The van der Waals surface area contributed by atoms with E-state index in [2.05, 4.69) is 12.2 Å². The molecule has 0 aliphatic carbocycles. The number of amides is 1. The van der Waals surface area contributed by atoms with Crippen molar-refractivity contribution in [3.05, 3.63) is 0 Å². The highest BCUT2D eigenvalue weighted by Gasteiger charge is 2.28. The molecule has 0 aliphatic rings. The number of hydrogen-bond acceptors (Lipinski definition) is 3. The molecule has 3 N–H and O–H groups in total. The quantitative estimate of drug-likeness (QED) is 0.561. The molecule has 0 fully saturated rings. The summed E-state index contributed by atoms with van der Waals surface area (Å²) < 4.78 is 0. The molecule has 0 aromatic heterocycles. The number of rotatable bonds is 11. The van der Waals surface area contributed by atoms with Crippen molar-refractivity contribution in [2.24, 2.45) is 5.73 Å². The molecule has 0 radical (unpaired) electrons. The molecule has 0 aromatic carbocycles. The molecule has 0 aliphatic heterocycles. The van der Waals surface area contributed by atoms with E-state index in [1.807, 2.05) is 25.6 Å². The summed E-state index contributed by atoms with van der Waals surface area (Å²) in [4.78, 5) is 11.4. The summed E-state index contributed by atoms with van der Waals surface area (Å²) in [5.74, 6) is 2.12. The average Bonchev–Trinajstić information content (AvgIpc) is 2.28. The fourth-order valence-electron chi connectivity index (χ4n) is 1.77. The Balaban J connectivity index is 3.65. The van der Waals surface area contributed by atoms with E-state index in [1.54, 1.807) is 0 Å². The fraction of sp³-hybridized carbons (Fsp3) is 0.923. The Kier molecular flexibility index (Phi) is 9.65. The Morgan fingerprint density at radius 2 is 1.88 bits per heavy atom. The van der Waals surface area contributed by atoms with Gasteiger partial charge in [-0.15, -0.1) is 0 Å². The van der Waals surface area contributed by atoms with Crippen LogP contribution in [0.1, 0.15) is 52.9 Å². The lowest BCUT2D eigenvalue weighted by molar-refractivity contribution is -0.124. The van der Waals surface area contributed by atoms with Crippen molar-refractivity contribution in [3.8, 4) is 0 Å². The molecule has 3 nitrogen and oxygen atoms in total. The third-order valence-corrected chi connectivity index (χ3v) is 4.12. The Bertz CT molecular complexity index is 212. The maximum atomic E-state index is 11.4. The van der Waals surface area contributed by atoms with Gasteiger partial charge in [0.05, 0.1) is 5.54 Å². The van der Waals surface area contributed by atoms with Gasteiger partial charge in [0.25, 0.3) is 0 Å². The zero-order chi connectivity index (χ0) is 13.1. The molecule has 0 saturated heterocycles. The number of primary amides is 1. The highest BCUT2D eigenvalue weighted by molar-refractivity contribution is 7.99. The van der Waals surface area contributed by atoms with Crippen molar-refractivity contribution in [2.45, 2.75) is 58.4 Å². The smallest absolute Gasteiger partial charge is 0.237 e. The van der Waals surface area contributed by atoms with Gasteiger partial charge in [-0.1, -0.05) is 26.7 Å². The predicted octanol–water partition coefficient (Wildman–Crippen LogP) is 2.54. The second-order valence-electron chi connectivity index (χ2n) is 4.65. The third kappa shape index (κ3) is 7.66. The molecule has 102 valence electrons. The van der Waals surface area contributed by atoms with Crippen molar-refractivity contribution in [2.75, 3.05) is 18.1 Å². The van der Waals surface area contributed by atoms with Crippen LogP contribution in [0, 0.1) is 0 Å². The molecule has 0 aromatic rings. The fourth-order valence-corrected chi connectivity index (χ4v) is 2.73. The lowest BCUT2D eigenvalue weighted by atomic mass is 9.95. The first-order valence-electron chi connectivity index (χ1n) is 6.69. The normalized spacial score (nSPS) is 14.5. The number of likely N-dealkylation sites (N-methyl/N-ethyl adjacent to an activating group) is 1. The highest BCUT2D eigenvalue weighted by atomic mass is 32.2. The van der Waals surface area contributed by atoms with Crippen molar-refractivity contribution in [1.82, 2.24) is 5.32 Å². The topological polar surface area (TPSA) is 55.1 Å². The van der Waals surface area contributed by atoms with Gasteiger partial charge in [0.2, 0.25) is 5.91 Å². The molecule has 0 spiro atoms. The number of unbranched alkanes of at least 4 members (excludes halogenated alkanes) is 2. The van der Waals surface area contributed by atoms with Gasteiger partial charge in [-0.2, -0.15) is 11.8 Å². The van der Waals surface area contributed by atoms with Crippen molar-refractivity contribution < 1.29 is 4.79 Å². The number of carbonyl (C=O) groups excluding carboxylic acids is 1. The molecular formula is C13H28N2OS. The van der Waals surface area contributed by atoms with E-state index in [9.17, 15) is 4.79 Å². The minimum atomic E-state index is -0.529. The van der Waals surface area contributed by atoms with Crippen LogP contribution in [0.4, 0.5) is 0 Å². The minimum absolute atomic E-state index is 0.240. The van der Waals surface area contributed by atoms with Crippen LogP contribution in [0.5, 0.6) is 0 Å². The van der Waals surface area contributed by atoms with E-state index in [4.69, 9.17) is 5.73 Å². The van der Waals surface area contributed by atoms with Gasteiger partial charge >= 0.3 is 0 Å². The molecule has 1 unspecified atom stereocenters. The van der Waals surface area contributed by atoms with E-state index in [-0.39, 0.29) is 5.91 Å². The van der Waals surface area contributed by atoms with Crippen molar-refractivity contribution >= 4 is 17.7 Å². The largest absolute Gasteiger partial charge is 0.368 e. The molecule has 0 bridgehead atoms. The molecule has 0 saturated carbocycles. The van der Waals surface area contributed by atoms with Gasteiger partial charge in [-0.25, -0.2) is 0 Å². The van der Waals surface area contributed by atoms with Crippen LogP contribution >= 0.6 is 11.8 Å². The Morgan fingerprint density at radius 3 is 2.41 bits per heavy atom. The van der Waals surface area contributed by atoms with Gasteiger partial charge in [-0.3, -0.25) is 4.79 Å². The average molecular weight is 260 g/mol. The molecule has 1 atom stereocenters. The van der Waals surface area contributed by atoms with E-state index in [0.717, 1.165) is 25.1 Å². The maximum Gasteiger partial charge on any atom is 0.237 e. The van der Waals surface area contributed by atoms with Crippen LogP contribution in [-0.4, -0.2) is 29.5 Å². The minimum Gasteiger partial charge on any atom is -0.368 e. The number of carbonyl (C=O) groups is 1. The first kappa shape index (κ1) is 16.8. The van der Waals surface area contributed by atoms with Gasteiger partial charge in [0.15, 0.2) is 0 Å². The Morgan fingerprint density at radius 1 is 1.24 bits per heavy atom. The standard InChI is InChI=1S/C13H28N2OS/c1-4-6-7-10-17-11-8-9-13(3,12(14)16)15-5-2/h15H,4-11H2,1-3H3,(H2,14,16). The van der Waals surface area contributed by atoms with Crippen molar-refractivity contribution in [3.63, 3.8) is 0 Å². The second-order valence-corrected chi connectivity index (χ2v) is 5.87. The van der Waals surface area contributed by atoms with Crippen LogP contribution in [0.15, 0.2) is 0 Å². The maximum absolute atomic E-state index is 11.4. The number of thioether (sulfide) groups is 1. The zero-order valence-electron chi connectivity index (χ0n) is 11.6. The molecular weight excluding hydrogens is 232 g/mol. The summed E-state index contributed by atoms with van der Waals surface area (Å²) >= 11 is 1.98. The van der Waals surface area contributed by atoms with E-state index in [0.29, 0.717) is 0 Å². The lowest BCUT2D eigenvalue weighted by Gasteiger charge is -2.26. The van der Waals surface area contributed by atoms with Gasteiger partial charge in [0, 0.05) is 0 Å². The summed E-state index contributed by atoms with van der Waals surface area (Å²) in [5, 5.41) is 3.19. The number of hydrogen-bond donors (Lipinski definition) is 2. The van der Waals surface area contributed by atoms with E-state index >= 15 is 0 Å². The first-order valence-corrected chi connectivity index (χ1v) is 7.85. The second kappa shape index (κ2) is 9.77. The zero-order valence-corrected chi connectivity index (χ0v) is 12.4. The summed E-state index contributed by atoms with van der Waals surface area (Å²) in [5.41, 5.74) is 4.90. The summed E-state index contributed by atoms with van der Waals surface area (Å²) in [7, 11) is 0. The van der Waals surface area contributed by atoms with Crippen LogP contribution in [-0.2, 0) is 4.79 Å². The third-order valence-electron chi connectivity index (χ3n) is 2.97. The summed E-state index contributed by atoms with van der Waals surface area (Å²) in [6, 6.07) is 0. The SMILES string of the molecule is CCCCCSCCCC(C)(NCC)C(N)=O. The molecule has 0 rings (SSSR count). The van der Waals surface area contributed by atoms with Gasteiger partial charge < -0.3 is 11.1 Å². The first-order chi connectivity index (χ1) is 8.06. The molecule has 17 heavy (non-hydrogen) atoms. The lowest BCUT2D eigenvalue weighted by Crippen LogP contribution is -2.53. The van der Waals surface area contributed by atoms with E-state index in [1.165, 1.54) is 25.0 Å². The number of nitrogens with two attached hydrogens (primary N) is 1. The Labute approximate surface area is 110 Å². The van der Waals surface area contributed by atoms with Crippen LogP contribution in [0.2, 0.25) is 0 Å². The number of nitrogens with one attached hydrogen (secondary N) is 1. The van der Waals surface area contributed by atoms with Crippen molar-refractivity contribution in [1.29, 1.82) is 0 Å². The predicted molar refractivity (Wildman–Crippen MR) is 77.4 cm³/mol. The molecule has 0 heterocycles. The molecule has 4 heteroatoms. The van der Waals surface area contributed by atoms with Crippen LogP contribution in [0.25, 0.3) is 0 Å². The van der Waals surface area contributed by atoms with Crippen LogP contribution in [0.3, 0.4) is 0 Å². The molecule has 1 amide bonds. The van der Waals surface area contributed by atoms with Crippen LogP contribution < -0.4 is 11.1 Å². The van der Waals surface area contributed by atoms with Gasteiger partial charge in [0.1, 0.15) is 0 Å². The summed E-state index contributed by atoms with van der Waals surface area (Å²) in [6.07, 6.45) is 5.78. The highest BCUT2D eigenvalue weighted by Crippen LogP contribution is 2.15. The Hall–Kier alpha value is -0.220.